The van der Waals surface area contributed by atoms with E-state index in [1.54, 1.807) is 0 Å². The third-order valence-electron chi connectivity index (χ3n) is 4.66. The third-order valence-corrected chi connectivity index (χ3v) is 4.89. The fourth-order valence-electron chi connectivity index (χ4n) is 3.11. The van der Waals surface area contributed by atoms with E-state index in [1.807, 2.05) is 72.8 Å². The van der Waals surface area contributed by atoms with Gasteiger partial charge in [0.1, 0.15) is 5.54 Å². The van der Waals surface area contributed by atoms with Crippen molar-refractivity contribution >= 4 is 23.5 Å². The molecule has 148 valence electrons. The molecule has 0 heterocycles. The standard InChI is InChI=1S/C24H22ClNO3/c1-24(2,23(28)29)26-22(27)14-16-7-6-10-18(13-16)20-12-11-19(25)15-21(20)17-8-4-3-5-9-17/h3-13,15H,14H2,1-2H3,(H,26,27)(H,28,29). The predicted octanol–water partition coefficient (Wildman–Crippen LogP) is 5.20. The summed E-state index contributed by atoms with van der Waals surface area (Å²) in [6, 6.07) is 23.4. The lowest BCUT2D eigenvalue weighted by Gasteiger charge is -2.21. The molecule has 3 aromatic rings. The van der Waals surface area contributed by atoms with Gasteiger partial charge in [0.05, 0.1) is 6.42 Å². The minimum absolute atomic E-state index is 0.0960. The molecule has 0 aliphatic heterocycles. The first-order valence-corrected chi connectivity index (χ1v) is 9.63. The number of hydrogen-bond donors (Lipinski definition) is 2. The Bertz CT molecular complexity index is 1050. The first-order valence-electron chi connectivity index (χ1n) is 9.25. The minimum Gasteiger partial charge on any atom is -0.480 e. The Morgan fingerprint density at radius 2 is 1.59 bits per heavy atom. The first-order chi connectivity index (χ1) is 13.8. The van der Waals surface area contributed by atoms with Gasteiger partial charge < -0.3 is 10.4 Å². The largest absolute Gasteiger partial charge is 0.480 e. The highest BCUT2D eigenvalue weighted by molar-refractivity contribution is 6.31. The fraction of sp³-hybridized carbons (Fsp3) is 0.167. The van der Waals surface area contributed by atoms with E-state index in [0.29, 0.717) is 5.02 Å². The molecule has 0 aliphatic carbocycles. The van der Waals surface area contributed by atoms with Crippen LogP contribution >= 0.6 is 11.6 Å². The van der Waals surface area contributed by atoms with Gasteiger partial charge in [0, 0.05) is 5.02 Å². The van der Waals surface area contributed by atoms with Crippen LogP contribution in [0.4, 0.5) is 0 Å². The number of carbonyl (C=O) groups is 2. The van der Waals surface area contributed by atoms with Gasteiger partial charge >= 0.3 is 5.97 Å². The Labute approximate surface area is 175 Å². The first kappa shape index (κ1) is 20.6. The van der Waals surface area contributed by atoms with Crippen molar-refractivity contribution in [3.05, 3.63) is 83.4 Å². The van der Waals surface area contributed by atoms with Crippen molar-refractivity contribution in [3.63, 3.8) is 0 Å². The monoisotopic (exact) mass is 407 g/mol. The second-order valence-electron chi connectivity index (χ2n) is 7.41. The second kappa shape index (κ2) is 8.50. The summed E-state index contributed by atoms with van der Waals surface area (Å²) in [5.41, 5.74) is 3.51. The van der Waals surface area contributed by atoms with Crippen molar-refractivity contribution in [2.75, 3.05) is 0 Å². The SMILES string of the molecule is CC(C)(NC(=O)Cc1cccc(-c2ccc(Cl)cc2-c2ccccc2)c1)C(=O)O. The molecule has 0 fully saturated rings. The number of benzene rings is 3. The third kappa shape index (κ3) is 5.04. The van der Waals surface area contributed by atoms with E-state index >= 15 is 0 Å². The molecule has 0 spiro atoms. The summed E-state index contributed by atoms with van der Waals surface area (Å²) in [4.78, 5) is 23.5. The molecule has 2 N–H and O–H groups in total. The van der Waals surface area contributed by atoms with Crippen LogP contribution in [-0.4, -0.2) is 22.5 Å². The Hall–Kier alpha value is -3.11. The summed E-state index contributed by atoms with van der Waals surface area (Å²) < 4.78 is 0. The number of carboxylic acids is 1. The molecule has 29 heavy (non-hydrogen) atoms. The molecule has 0 saturated carbocycles. The van der Waals surface area contributed by atoms with Crippen LogP contribution in [0.3, 0.4) is 0 Å². The number of amides is 1. The molecule has 0 aliphatic rings. The summed E-state index contributed by atoms with van der Waals surface area (Å²) >= 11 is 6.24. The zero-order valence-corrected chi connectivity index (χ0v) is 17.0. The van der Waals surface area contributed by atoms with E-state index < -0.39 is 11.5 Å². The van der Waals surface area contributed by atoms with Crippen molar-refractivity contribution in [3.8, 4) is 22.3 Å². The van der Waals surface area contributed by atoms with Crippen molar-refractivity contribution < 1.29 is 14.7 Å². The average molecular weight is 408 g/mol. The topological polar surface area (TPSA) is 66.4 Å². The summed E-state index contributed by atoms with van der Waals surface area (Å²) in [5.74, 6) is -1.41. The molecular weight excluding hydrogens is 386 g/mol. The van der Waals surface area contributed by atoms with Crippen molar-refractivity contribution in [1.29, 1.82) is 0 Å². The molecule has 0 aromatic heterocycles. The minimum atomic E-state index is -1.31. The van der Waals surface area contributed by atoms with Gasteiger partial charge in [0.2, 0.25) is 5.91 Å². The maximum Gasteiger partial charge on any atom is 0.328 e. The Morgan fingerprint density at radius 1 is 0.897 bits per heavy atom. The van der Waals surface area contributed by atoms with Crippen LogP contribution < -0.4 is 5.32 Å². The van der Waals surface area contributed by atoms with Crippen LogP contribution in [0.25, 0.3) is 22.3 Å². The lowest BCUT2D eigenvalue weighted by Crippen LogP contribution is -2.50. The fourth-order valence-corrected chi connectivity index (χ4v) is 3.28. The van der Waals surface area contributed by atoms with Crippen LogP contribution in [-0.2, 0) is 16.0 Å². The summed E-state index contributed by atoms with van der Waals surface area (Å²) in [7, 11) is 0. The molecule has 5 heteroatoms. The van der Waals surface area contributed by atoms with Gasteiger partial charge in [0.15, 0.2) is 0 Å². The Kier molecular flexibility index (Phi) is 6.04. The number of hydrogen-bond acceptors (Lipinski definition) is 2. The average Bonchev–Trinajstić information content (AvgIpc) is 2.68. The zero-order valence-electron chi connectivity index (χ0n) is 16.3. The maximum atomic E-state index is 12.3. The van der Waals surface area contributed by atoms with Crippen molar-refractivity contribution in [2.45, 2.75) is 25.8 Å². The molecule has 0 radical (unpaired) electrons. The molecule has 0 atom stereocenters. The molecule has 4 nitrogen and oxygen atoms in total. The highest BCUT2D eigenvalue weighted by Gasteiger charge is 2.28. The maximum absolute atomic E-state index is 12.3. The van der Waals surface area contributed by atoms with Gasteiger partial charge in [-0.15, -0.1) is 0 Å². The summed E-state index contributed by atoms with van der Waals surface area (Å²) in [6.45, 7) is 2.92. The van der Waals surface area contributed by atoms with Crippen molar-refractivity contribution in [1.82, 2.24) is 5.32 Å². The van der Waals surface area contributed by atoms with Gasteiger partial charge in [-0.25, -0.2) is 4.79 Å². The molecule has 0 unspecified atom stereocenters. The lowest BCUT2D eigenvalue weighted by atomic mass is 9.93. The van der Waals surface area contributed by atoms with Gasteiger partial charge in [-0.3, -0.25) is 4.79 Å². The molecule has 3 rings (SSSR count). The molecule has 3 aromatic carbocycles. The lowest BCUT2D eigenvalue weighted by molar-refractivity contribution is -0.145. The zero-order chi connectivity index (χ0) is 21.0. The predicted molar refractivity (Wildman–Crippen MR) is 116 cm³/mol. The molecule has 0 bridgehead atoms. The van der Waals surface area contributed by atoms with E-state index in [4.69, 9.17) is 11.6 Å². The van der Waals surface area contributed by atoms with Gasteiger partial charge in [-0.05, 0) is 53.8 Å². The van der Waals surface area contributed by atoms with Crippen LogP contribution in [0.15, 0.2) is 72.8 Å². The highest BCUT2D eigenvalue weighted by Crippen LogP contribution is 2.34. The van der Waals surface area contributed by atoms with Crippen LogP contribution in [0, 0.1) is 0 Å². The van der Waals surface area contributed by atoms with E-state index in [2.05, 4.69) is 5.32 Å². The van der Waals surface area contributed by atoms with Gasteiger partial charge in [-0.1, -0.05) is 72.3 Å². The van der Waals surface area contributed by atoms with Gasteiger partial charge in [-0.2, -0.15) is 0 Å². The van der Waals surface area contributed by atoms with Crippen LogP contribution in [0.1, 0.15) is 19.4 Å². The number of carboxylic acid groups (broad SMARTS) is 1. The number of nitrogens with one attached hydrogen (secondary N) is 1. The van der Waals surface area contributed by atoms with E-state index in [0.717, 1.165) is 27.8 Å². The van der Waals surface area contributed by atoms with Gasteiger partial charge in [0.25, 0.3) is 0 Å². The molecule has 0 saturated heterocycles. The number of halogens is 1. The van der Waals surface area contributed by atoms with Crippen molar-refractivity contribution in [2.24, 2.45) is 0 Å². The van der Waals surface area contributed by atoms with Crippen LogP contribution in [0.5, 0.6) is 0 Å². The van der Waals surface area contributed by atoms with E-state index in [-0.39, 0.29) is 12.3 Å². The molecule has 1 amide bonds. The quantitative estimate of drug-likeness (QED) is 0.590. The van der Waals surface area contributed by atoms with E-state index in [1.165, 1.54) is 13.8 Å². The number of aliphatic carboxylic acids is 1. The smallest absolute Gasteiger partial charge is 0.328 e. The Balaban J connectivity index is 1.91. The normalized spacial score (nSPS) is 11.1. The summed E-state index contributed by atoms with van der Waals surface area (Å²) in [5, 5.41) is 12.4. The Morgan fingerprint density at radius 3 is 2.28 bits per heavy atom. The summed E-state index contributed by atoms with van der Waals surface area (Å²) in [6.07, 6.45) is 0.0960. The number of carbonyl (C=O) groups excluding carboxylic acids is 1. The highest BCUT2D eigenvalue weighted by atomic mass is 35.5. The second-order valence-corrected chi connectivity index (χ2v) is 7.85. The van der Waals surface area contributed by atoms with Crippen LogP contribution in [0.2, 0.25) is 5.02 Å². The number of rotatable bonds is 6. The van der Waals surface area contributed by atoms with E-state index in [9.17, 15) is 14.7 Å². The molecular formula is C24H22ClNO3.